The van der Waals surface area contributed by atoms with E-state index in [0.717, 1.165) is 27.6 Å². The van der Waals surface area contributed by atoms with Gasteiger partial charge in [-0.2, -0.15) is 5.10 Å². The summed E-state index contributed by atoms with van der Waals surface area (Å²) >= 11 is 0. The van der Waals surface area contributed by atoms with Crippen LogP contribution in [0.25, 0.3) is 33.1 Å². The number of hydrogen-bond donors (Lipinski definition) is 1. The minimum Gasteiger partial charge on any atom is -0.293 e. The van der Waals surface area contributed by atoms with E-state index < -0.39 is 0 Å². The Morgan fingerprint density at radius 2 is 1.89 bits per heavy atom. The van der Waals surface area contributed by atoms with E-state index in [9.17, 15) is 4.79 Å². The summed E-state index contributed by atoms with van der Waals surface area (Å²) in [6.45, 7) is 0.443. The normalized spacial score (nSPS) is 11.3. The fourth-order valence-corrected chi connectivity index (χ4v) is 3.26. The Bertz CT molecular complexity index is 1340. The highest BCUT2D eigenvalue weighted by molar-refractivity contribution is 5.83. The number of aromatic nitrogens is 5. The lowest BCUT2D eigenvalue weighted by Gasteiger charge is -2.09. The van der Waals surface area contributed by atoms with Gasteiger partial charge in [-0.25, -0.2) is 9.97 Å². The lowest BCUT2D eigenvalue weighted by Crippen LogP contribution is -2.21. The molecule has 0 atom stereocenters. The van der Waals surface area contributed by atoms with Gasteiger partial charge in [0.2, 0.25) is 0 Å². The second kappa shape index (κ2) is 6.17. The van der Waals surface area contributed by atoms with Crippen LogP contribution in [-0.2, 0) is 6.54 Å². The smallest absolute Gasteiger partial charge is 0.280 e. The van der Waals surface area contributed by atoms with E-state index in [4.69, 9.17) is 0 Å². The van der Waals surface area contributed by atoms with Gasteiger partial charge in [-0.1, -0.05) is 30.3 Å². The van der Waals surface area contributed by atoms with Gasteiger partial charge in [0, 0.05) is 11.6 Å². The van der Waals surface area contributed by atoms with E-state index in [1.54, 1.807) is 29.2 Å². The van der Waals surface area contributed by atoms with Crippen molar-refractivity contribution >= 4 is 21.9 Å². The number of nitrogens with zero attached hydrogens (tertiary/aromatic N) is 4. The van der Waals surface area contributed by atoms with E-state index in [2.05, 4.69) is 44.4 Å². The summed E-state index contributed by atoms with van der Waals surface area (Å²) in [7, 11) is 0. The van der Waals surface area contributed by atoms with Crippen LogP contribution in [-0.4, -0.2) is 24.7 Å². The van der Waals surface area contributed by atoms with Gasteiger partial charge in [0.25, 0.3) is 5.56 Å². The Hall–Kier alpha value is -3.80. The molecule has 0 fully saturated rings. The highest BCUT2D eigenvalue weighted by Gasteiger charge is 2.07. The fraction of sp³-hybridized carbons (Fsp3) is 0.0476. The number of nitrogens with one attached hydrogen (secondary N) is 1. The van der Waals surface area contributed by atoms with Gasteiger partial charge in [0.05, 0.1) is 30.1 Å². The molecule has 0 bridgehead atoms. The molecule has 3 aromatic heterocycles. The molecule has 0 saturated carbocycles. The maximum absolute atomic E-state index is 12.7. The van der Waals surface area contributed by atoms with Crippen molar-refractivity contribution in [1.29, 1.82) is 0 Å². The van der Waals surface area contributed by atoms with Gasteiger partial charge >= 0.3 is 0 Å². The largest absolute Gasteiger partial charge is 0.293 e. The molecule has 1 N–H and O–H groups in total. The number of hydrogen-bond acceptors (Lipinski definition) is 4. The molecule has 0 unspecified atom stereocenters. The number of fused-ring (bicyclic) bond motifs is 2. The van der Waals surface area contributed by atoms with Crippen molar-refractivity contribution < 1.29 is 0 Å². The van der Waals surface area contributed by atoms with Crippen molar-refractivity contribution in [3.8, 4) is 11.1 Å². The van der Waals surface area contributed by atoms with Crippen LogP contribution in [0.1, 0.15) is 5.56 Å². The van der Waals surface area contributed by atoms with Gasteiger partial charge in [0.1, 0.15) is 0 Å². The Morgan fingerprint density at radius 3 is 2.85 bits per heavy atom. The van der Waals surface area contributed by atoms with Crippen LogP contribution >= 0.6 is 0 Å². The van der Waals surface area contributed by atoms with Gasteiger partial charge in [-0.15, -0.1) is 0 Å². The zero-order valence-electron chi connectivity index (χ0n) is 14.3. The first-order valence-corrected chi connectivity index (χ1v) is 8.60. The first kappa shape index (κ1) is 15.5. The topological polar surface area (TPSA) is 76.5 Å². The molecule has 6 nitrogen and oxygen atoms in total. The standard InChI is InChI=1S/C21H15N5O/c27-21-20-18(5-2-8-22-20)23-13-26(21)12-14-3-1-4-15(9-14)16-6-7-17-11-24-25-19(17)10-16/h1-11,13H,12H2,(H,24,25). The first-order chi connectivity index (χ1) is 13.3. The van der Waals surface area contributed by atoms with Crippen molar-refractivity contribution in [2.45, 2.75) is 6.54 Å². The van der Waals surface area contributed by atoms with Crippen molar-refractivity contribution in [3.05, 3.63) is 89.2 Å². The molecule has 0 spiro atoms. The Balaban J connectivity index is 1.52. The average molecular weight is 353 g/mol. The van der Waals surface area contributed by atoms with E-state index in [0.29, 0.717) is 17.6 Å². The molecular formula is C21H15N5O. The van der Waals surface area contributed by atoms with Crippen molar-refractivity contribution in [2.75, 3.05) is 0 Å². The molecule has 0 aliphatic heterocycles. The third-order valence-electron chi connectivity index (χ3n) is 4.64. The summed E-state index contributed by atoms with van der Waals surface area (Å²) in [5, 5.41) is 8.15. The van der Waals surface area contributed by atoms with Gasteiger partial charge < -0.3 is 0 Å². The maximum atomic E-state index is 12.7. The predicted molar refractivity (Wildman–Crippen MR) is 104 cm³/mol. The van der Waals surface area contributed by atoms with Crippen LogP contribution in [0.15, 0.2) is 78.1 Å². The summed E-state index contributed by atoms with van der Waals surface area (Å²) in [6, 6.07) is 17.9. The van der Waals surface area contributed by atoms with Crippen LogP contribution in [0.4, 0.5) is 0 Å². The van der Waals surface area contributed by atoms with Crippen molar-refractivity contribution in [3.63, 3.8) is 0 Å². The van der Waals surface area contributed by atoms with E-state index in [1.807, 2.05) is 24.4 Å². The third-order valence-corrected chi connectivity index (χ3v) is 4.64. The van der Waals surface area contributed by atoms with E-state index in [-0.39, 0.29) is 5.56 Å². The number of H-pyrrole nitrogens is 1. The molecule has 0 radical (unpaired) electrons. The summed E-state index contributed by atoms with van der Waals surface area (Å²) in [5.41, 5.74) is 5.07. The van der Waals surface area contributed by atoms with Crippen LogP contribution in [0.2, 0.25) is 0 Å². The minimum atomic E-state index is -0.134. The van der Waals surface area contributed by atoms with Crippen LogP contribution < -0.4 is 5.56 Å². The first-order valence-electron chi connectivity index (χ1n) is 8.60. The second-order valence-corrected chi connectivity index (χ2v) is 6.42. The number of pyridine rings is 1. The number of aromatic amines is 1. The lowest BCUT2D eigenvalue weighted by molar-refractivity contribution is 0.746. The molecule has 0 aliphatic rings. The molecule has 27 heavy (non-hydrogen) atoms. The predicted octanol–water partition coefficient (Wildman–Crippen LogP) is 3.38. The monoisotopic (exact) mass is 353 g/mol. The fourth-order valence-electron chi connectivity index (χ4n) is 3.26. The molecule has 6 heteroatoms. The summed E-state index contributed by atoms with van der Waals surface area (Å²) in [4.78, 5) is 21.2. The SMILES string of the molecule is O=c1c2ncccc2ncn1Cc1cccc(-c2ccc3cn[nH]c3c2)c1. The average Bonchev–Trinajstić information content (AvgIpc) is 3.18. The zero-order valence-corrected chi connectivity index (χ0v) is 14.3. The van der Waals surface area contributed by atoms with Crippen LogP contribution in [0.5, 0.6) is 0 Å². The van der Waals surface area contributed by atoms with Gasteiger partial charge in [-0.3, -0.25) is 14.5 Å². The van der Waals surface area contributed by atoms with E-state index >= 15 is 0 Å². The third kappa shape index (κ3) is 2.77. The van der Waals surface area contributed by atoms with Gasteiger partial charge in [-0.05, 0) is 41.0 Å². The highest BCUT2D eigenvalue weighted by Crippen LogP contribution is 2.24. The van der Waals surface area contributed by atoms with E-state index in [1.165, 1.54) is 0 Å². The second-order valence-electron chi connectivity index (χ2n) is 6.42. The molecule has 0 saturated heterocycles. The van der Waals surface area contributed by atoms with Gasteiger partial charge in [0.15, 0.2) is 5.52 Å². The maximum Gasteiger partial charge on any atom is 0.280 e. The molecule has 3 heterocycles. The molecule has 0 amide bonds. The Labute approximate surface area is 154 Å². The zero-order chi connectivity index (χ0) is 18.2. The molecule has 5 aromatic rings. The quantitative estimate of drug-likeness (QED) is 0.539. The molecule has 2 aromatic carbocycles. The highest BCUT2D eigenvalue weighted by atomic mass is 16.1. The summed E-state index contributed by atoms with van der Waals surface area (Å²) < 4.78 is 1.59. The molecule has 130 valence electrons. The molecule has 5 rings (SSSR count). The van der Waals surface area contributed by atoms with Crippen molar-refractivity contribution in [2.24, 2.45) is 0 Å². The Morgan fingerprint density at radius 1 is 0.963 bits per heavy atom. The van der Waals surface area contributed by atoms with Crippen LogP contribution in [0, 0.1) is 0 Å². The summed E-state index contributed by atoms with van der Waals surface area (Å²) in [6.07, 6.45) is 5.00. The number of benzene rings is 2. The minimum absolute atomic E-state index is 0.134. The lowest BCUT2D eigenvalue weighted by atomic mass is 10.0. The summed E-state index contributed by atoms with van der Waals surface area (Å²) in [5.74, 6) is 0. The molecular weight excluding hydrogens is 338 g/mol. The van der Waals surface area contributed by atoms with Crippen molar-refractivity contribution in [1.82, 2.24) is 24.7 Å². The number of rotatable bonds is 3. The van der Waals surface area contributed by atoms with Crippen LogP contribution in [0.3, 0.4) is 0 Å². The Kier molecular flexibility index (Phi) is 3.53. The molecule has 0 aliphatic carbocycles.